The summed E-state index contributed by atoms with van der Waals surface area (Å²) in [6.45, 7) is 13.2. The van der Waals surface area contributed by atoms with Crippen molar-refractivity contribution in [2.45, 2.75) is 97.3 Å². The van der Waals surface area contributed by atoms with Gasteiger partial charge in [0.1, 0.15) is 11.5 Å². The van der Waals surface area contributed by atoms with Gasteiger partial charge in [0.15, 0.2) is 0 Å². The summed E-state index contributed by atoms with van der Waals surface area (Å²) in [4.78, 5) is 11.9. The van der Waals surface area contributed by atoms with Gasteiger partial charge in [-0.05, 0) is 42.2 Å². The van der Waals surface area contributed by atoms with E-state index in [0.717, 1.165) is 42.6 Å². The van der Waals surface area contributed by atoms with Crippen molar-refractivity contribution in [1.82, 2.24) is 0 Å². The minimum atomic E-state index is -0.269. The summed E-state index contributed by atoms with van der Waals surface area (Å²) >= 11 is 0. The van der Waals surface area contributed by atoms with Crippen molar-refractivity contribution in [2.75, 3.05) is 13.7 Å². The van der Waals surface area contributed by atoms with E-state index in [1.807, 2.05) is 12.1 Å². The molecule has 4 nitrogen and oxygen atoms in total. The van der Waals surface area contributed by atoms with E-state index in [4.69, 9.17) is 9.47 Å². The van der Waals surface area contributed by atoms with Gasteiger partial charge < -0.3 is 14.6 Å². The quantitative estimate of drug-likeness (QED) is 0.356. The molecule has 1 N–H and O–H groups in total. The Morgan fingerprint density at radius 2 is 1.68 bits per heavy atom. The van der Waals surface area contributed by atoms with E-state index in [1.54, 1.807) is 7.11 Å². The van der Waals surface area contributed by atoms with Gasteiger partial charge in [-0.1, -0.05) is 60.8 Å². The van der Waals surface area contributed by atoms with Crippen LogP contribution in [0.2, 0.25) is 0 Å². The third kappa shape index (κ3) is 7.37. The van der Waals surface area contributed by atoms with Gasteiger partial charge in [-0.2, -0.15) is 0 Å². The number of aromatic hydroxyl groups is 1. The number of carbonyl (C=O) groups excluding carboxylic acids is 1. The molecule has 0 heterocycles. The zero-order valence-electron chi connectivity index (χ0n) is 19.0. The standard InChI is InChI=1S/C24H40O4/c1-8-9-10-11-15-28-22(26)13-12-14-24(5,6)18-17-21(27-7)19(16-20(18)25)23(2,3)4/h16-17,25H,8-15H2,1-7H3. The molecule has 160 valence electrons. The number of hydrogen-bond acceptors (Lipinski definition) is 4. The molecule has 28 heavy (non-hydrogen) atoms. The lowest BCUT2D eigenvalue weighted by molar-refractivity contribution is -0.143. The molecule has 1 aromatic carbocycles. The van der Waals surface area contributed by atoms with Crippen LogP contribution in [0, 0.1) is 0 Å². The minimum Gasteiger partial charge on any atom is -0.508 e. The molecule has 0 atom stereocenters. The van der Waals surface area contributed by atoms with Gasteiger partial charge in [0, 0.05) is 17.5 Å². The number of phenols is 1. The van der Waals surface area contributed by atoms with Gasteiger partial charge in [-0.3, -0.25) is 4.79 Å². The Morgan fingerprint density at radius 1 is 1.00 bits per heavy atom. The molecule has 0 saturated heterocycles. The zero-order valence-corrected chi connectivity index (χ0v) is 19.0. The van der Waals surface area contributed by atoms with Gasteiger partial charge in [0.25, 0.3) is 0 Å². The summed E-state index contributed by atoms with van der Waals surface area (Å²) in [5.74, 6) is 0.950. The Kier molecular flexibility index (Phi) is 9.32. The van der Waals surface area contributed by atoms with E-state index >= 15 is 0 Å². The first kappa shape index (κ1) is 24.3. The lowest BCUT2D eigenvalue weighted by Gasteiger charge is -2.29. The first-order valence-electron chi connectivity index (χ1n) is 10.6. The number of rotatable bonds is 11. The molecule has 0 fully saturated rings. The van der Waals surface area contributed by atoms with E-state index in [1.165, 1.54) is 12.8 Å². The van der Waals surface area contributed by atoms with Gasteiger partial charge >= 0.3 is 5.97 Å². The third-order valence-electron chi connectivity index (χ3n) is 5.30. The second-order valence-corrected chi connectivity index (χ2v) is 9.34. The maximum absolute atomic E-state index is 11.9. The van der Waals surface area contributed by atoms with Crippen molar-refractivity contribution in [1.29, 1.82) is 0 Å². The number of ether oxygens (including phenoxy) is 2. The second-order valence-electron chi connectivity index (χ2n) is 9.34. The normalized spacial score (nSPS) is 12.1. The fourth-order valence-corrected chi connectivity index (χ4v) is 3.46. The largest absolute Gasteiger partial charge is 0.508 e. The maximum Gasteiger partial charge on any atom is 0.305 e. The van der Waals surface area contributed by atoms with E-state index in [2.05, 4.69) is 41.5 Å². The summed E-state index contributed by atoms with van der Waals surface area (Å²) in [6, 6.07) is 3.77. The van der Waals surface area contributed by atoms with Gasteiger partial charge in [0.2, 0.25) is 0 Å². The number of hydrogen-bond donors (Lipinski definition) is 1. The highest BCUT2D eigenvalue weighted by Crippen LogP contribution is 2.42. The molecule has 0 saturated carbocycles. The molecule has 0 amide bonds. The predicted octanol–water partition coefficient (Wildman–Crippen LogP) is 6.27. The van der Waals surface area contributed by atoms with Crippen LogP contribution >= 0.6 is 0 Å². The summed E-state index contributed by atoms with van der Waals surface area (Å²) < 4.78 is 10.9. The average molecular weight is 393 g/mol. The Bertz CT molecular complexity index is 626. The number of methoxy groups -OCH3 is 1. The lowest BCUT2D eigenvalue weighted by Crippen LogP contribution is -2.20. The fourth-order valence-electron chi connectivity index (χ4n) is 3.46. The summed E-state index contributed by atoms with van der Waals surface area (Å²) in [5, 5.41) is 10.7. The average Bonchev–Trinajstić information content (AvgIpc) is 2.60. The van der Waals surface area contributed by atoms with E-state index in [9.17, 15) is 9.90 Å². The number of unbranched alkanes of at least 4 members (excludes halogenated alkanes) is 3. The highest BCUT2D eigenvalue weighted by atomic mass is 16.5. The van der Waals surface area contributed by atoms with Crippen LogP contribution in [0.3, 0.4) is 0 Å². The molecule has 0 aliphatic heterocycles. The Balaban J connectivity index is 2.68. The van der Waals surface area contributed by atoms with E-state index in [-0.39, 0.29) is 22.5 Å². The number of carbonyl (C=O) groups is 1. The maximum atomic E-state index is 11.9. The number of phenolic OH excluding ortho intramolecular Hbond substituents is 1. The van der Waals surface area contributed by atoms with Crippen LogP contribution in [0.25, 0.3) is 0 Å². The highest BCUT2D eigenvalue weighted by Gasteiger charge is 2.28. The van der Waals surface area contributed by atoms with Crippen molar-refractivity contribution < 1.29 is 19.4 Å². The first-order chi connectivity index (χ1) is 13.0. The molecule has 0 bridgehead atoms. The van der Waals surface area contributed by atoms with Crippen LogP contribution in [0.1, 0.15) is 97.6 Å². The minimum absolute atomic E-state index is 0.119. The fraction of sp³-hybridized carbons (Fsp3) is 0.708. The SMILES string of the molecule is CCCCCCOC(=O)CCCC(C)(C)c1cc(OC)c(C(C)(C)C)cc1O. The van der Waals surface area contributed by atoms with E-state index in [0.29, 0.717) is 13.0 Å². The molecule has 0 aliphatic rings. The zero-order chi connectivity index (χ0) is 21.4. The van der Waals surface area contributed by atoms with Crippen LogP contribution in [-0.4, -0.2) is 24.8 Å². The second kappa shape index (κ2) is 10.7. The predicted molar refractivity (Wildman–Crippen MR) is 115 cm³/mol. The van der Waals surface area contributed by atoms with Crippen molar-refractivity contribution in [3.05, 3.63) is 23.3 Å². The smallest absolute Gasteiger partial charge is 0.305 e. The lowest BCUT2D eigenvalue weighted by atomic mass is 9.77. The molecule has 1 rings (SSSR count). The number of benzene rings is 1. The van der Waals surface area contributed by atoms with Crippen LogP contribution < -0.4 is 4.74 Å². The Morgan fingerprint density at radius 3 is 2.25 bits per heavy atom. The highest BCUT2D eigenvalue weighted by molar-refractivity contribution is 5.69. The Hall–Kier alpha value is -1.71. The molecule has 0 spiro atoms. The van der Waals surface area contributed by atoms with Gasteiger partial charge in [-0.25, -0.2) is 0 Å². The summed E-state index contributed by atoms with van der Waals surface area (Å²) in [7, 11) is 1.66. The van der Waals surface area contributed by atoms with Gasteiger partial charge in [-0.15, -0.1) is 0 Å². The van der Waals surface area contributed by atoms with Crippen LogP contribution in [-0.2, 0) is 20.4 Å². The topological polar surface area (TPSA) is 55.8 Å². The molecule has 1 aromatic rings. The van der Waals surface area contributed by atoms with Crippen molar-refractivity contribution in [3.8, 4) is 11.5 Å². The monoisotopic (exact) mass is 392 g/mol. The van der Waals surface area contributed by atoms with Crippen molar-refractivity contribution in [3.63, 3.8) is 0 Å². The number of esters is 1. The van der Waals surface area contributed by atoms with Crippen LogP contribution in [0.4, 0.5) is 0 Å². The van der Waals surface area contributed by atoms with Gasteiger partial charge in [0.05, 0.1) is 13.7 Å². The van der Waals surface area contributed by atoms with E-state index < -0.39 is 0 Å². The third-order valence-corrected chi connectivity index (χ3v) is 5.30. The molecular weight excluding hydrogens is 352 g/mol. The molecule has 4 heteroatoms. The van der Waals surface area contributed by atoms with Crippen LogP contribution in [0.15, 0.2) is 12.1 Å². The molecular formula is C24H40O4. The van der Waals surface area contributed by atoms with Crippen molar-refractivity contribution in [2.24, 2.45) is 0 Å². The summed E-state index contributed by atoms with van der Waals surface area (Å²) in [5.41, 5.74) is 1.45. The summed E-state index contributed by atoms with van der Waals surface area (Å²) in [6.07, 6.45) is 6.34. The first-order valence-corrected chi connectivity index (χ1v) is 10.6. The molecule has 0 aliphatic carbocycles. The Labute approximate surface area is 171 Å². The molecule has 0 unspecified atom stereocenters. The van der Waals surface area contributed by atoms with Crippen molar-refractivity contribution >= 4 is 5.97 Å². The molecule has 0 radical (unpaired) electrons. The van der Waals surface area contributed by atoms with Crippen LogP contribution in [0.5, 0.6) is 11.5 Å². The molecule has 0 aromatic heterocycles.